The first-order valence-electron chi connectivity index (χ1n) is 6.94. The molecule has 0 fully saturated rings. The van der Waals surface area contributed by atoms with Crippen molar-refractivity contribution in [1.82, 2.24) is 9.55 Å². The first kappa shape index (κ1) is 14.2. The summed E-state index contributed by atoms with van der Waals surface area (Å²) in [6.45, 7) is 4.76. The molecule has 0 spiro atoms. The van der Waals surface area contributed by atoms with E-state index in [1.54, 1.807) is 4.57 Å². The molecular weight excluding hydrogens is 300 g/mol. The standard InChI is InChI=1S/C16H16N2OS2/c1-3-8-18-15(19)14-12(17-16(18)20)9-13(21-14)11-6-4-10(2)5-7-11/h4-7,9H,3,8H2,1-2H3,(H,17,20). The van der Waals surface area contributed by atoms with Gasteiger partial charge in [0.05, 0.1) is 5.52 Å². The van der Waals surface area contributed by atoms with Crippen LogP contribution in [0.1, 0.15) is 18.9 Å². The molecule has 0 saturated heterocycles. The second-order valence-electron chi connectivity index (χ2n) is 5.11. The fourth-order valence-corrected chi connectivity index (χ4v) is 3.68. The van der Waals surface area contributed by atoms with Crippen LogP contribution in [0.15, 0.2) is 35.1 Å². The van der Waals surface area contributed by atoms with Gasteiger partial charge in [0, 0.05) is 11.4 Å². The van der Waals surface area contributed by atoms with Crippen LogP contribution in [0.25, 0.3) is 20.7 Å². The van der Waals surface area contributed by atoms with Gasteiger partial charge in [-0.05, 0) is 37.2 Å². The van der Waals surface area contributed by atoms with E-state index in [1.807, 2.05) is 13.0 Å². The average molecular weight is 316 g/mol. The summed E-state index contributed by atoms with van der Waals surface area (Å²) in [5.74, 6) is 0. The van der Waals surface area contributed by atoms with E-state index in [4.69, 9.17) is 12.2 Å². The van der Waals surface area contributed by atoms with Crippen molar-refractivity contribution in [1.29, 1.82) is 0 Å². The molecule has 0 aliphatic carbocycles. The molecule has 2 aromatic heterocycles. The monoisotopic (exact) mass is 316 g/mol. The van der Waals surface area contributed by atoms with E-state index in [1.165, 1.54) is 16.9 Å². The molecule has 3 nitrogen and oxygen atoms in total. The summed E-state index contributed by atoms with van der Waals surface area (Å²) < 4.78 is 2.89. The normalized spacial score (nSPS) is 11.1. The van der Waals surface area contributed by atoms with Gasteiger partial charge in [0.1, 0.15) is 4.70 Å². The topological polar surface area (TPSA) is 37.8 Å². The van der Waals surface area contributed by atoms with Crippen molar-refractivity contribution in [3.05, 3.63) is 51.0 Å². The van der Waals surface area contributed by atoms with Gasteiger partial charge in [-0.3, -0.25) is 9.36 Å². The number of aromatic amines is 1. The molecule has 0 bridgehead atoms. The van der Waals surface area contributed by atoms with Crippen molar-refractivity contribution in [3.8, 4) is 10.4 Å². The predicted molar refractivity (Wildman–Crippen MR) is 91.7 cm³/mol. The molecule has 0 aliphatic heterocycles. The van der Waals surface area contributed by atoms with Gasteiger partial charge in [0.2, 0.25) is 0 Å². The fourth-order valence-electron chi connectivity index (χ4n) is 2.33. The molecule has 0 unspecified atom stereocenters. The third-order valence-corrected chi connectivity index (χ3v) is 4.94. The van der Waals surface area contributed by atoms with E-state index in [0.29, 0.717) is 11.3 Å². The van der Waals surface area contributed by atoms with Crippen LogP contribution in [-0.4, -0.2) is 9.55 Å². The zero-order valence-electron chi connectivity index (χ0n) is 12.0. The summed E-state index contributed by atoms with van der Waals surface area (Å²) in [5, 5.41) is 0. The van der Waals surface area contributed by atoms with Crippen molar-refractivity contribution in [3.63, 3.8) is 0 Å². The molecule has 5 heteroatoms. The largest absolute Gasteiger partial charge is 0.331 e. The number of aryl methyl sites for hydroxylation is 1. The third-order valence-electron chi connectivity index (χ3n) is 3.44. The maximum atomic E-state index is 12.5. The van der Waals surface area contributed by atoms with Crippen molar-refractivity contribution in [2.24, 2.45) is 0 Å². The lowest BCUT2D eigenvalue weighted by molar-refractivity contribution is 0.639. The van der Waals surface area contributed by atoms with E-state index < -0.39 is 0 Å². The Morgan fingerprint density at radius 2 is 2.00 bits per heavy atom. The summed E-state index contributed by atoms with van der Waals surface area (Å²) >= 11 is 6.81. The number of nitrogens with one attached hydrogen (secondary N) is 1. The number of nitrogens with zero attached hydrogens (tertiary/aromatic N) is 1. The second kappa shape index (κ2) is 5.58. The number of benzene rings is 1. The van der Waals surface area contributed by atoms with Crippen LogP contribution < -0.4 is 5.56 Å². The number of rotatable bonds is 3. The number of hydrogen-bond donors (Lipinski definition) is 1. The highest BCUT2D eigenvalue weighted by atomic mass is 32.1. The van der Waals surface area contributed by atoms with Crippen molar-refractivity contribution < 1.29 is 0 Å². The molecule has 0 radical (unpaired) electrons. The van der Waals surface area contributed by atoms with Gasteiger partial charge in [-0.2, -0.15) is 0 Å². The Kier molecular flexibility index (Phi) is 3.78. The van der Waals surface area contributed by atoms with Gasteiger partial charge in [0.15, 0.2) is 4.77 Å². The molecule has 108 valence electrons. The quantitative estimate of drug-likeness (QED) is 0.722. The lowest BCUT2D eigenvalue weighted by Crippen LogP contribution is -2.20. The minimum absolute atomic E-state index is 0.0129. The summed E-state index contributed by atoms with van der Waals surface area (Å²) in [4.78, 5) is 16.8. The van der Waals surface area contributed by atoms with Crippen LogP contribution in [0, 0.1) is 11.7 Å². The van der Waals surface area contributed by atoms with Gasteiger partial charge in [0.25, 0.3) is 5.56 Å². The lowest BCUT2D eigenvalue weighted by Gasteiger charge is -2.03. The minimum Gasteiger partial charge on any atom is -0.331 e. The lowest BCUT2D eigenvalue weighted by atomic mass is 10.1. The van der Waals surface area contributed by atoms with Gasteiger partial charge >= 0.3 is 0 Å². The summed E-state index contributed by atoms with van der Waals surface area (Å²) in [7, 11) is 0. The summed E-state index contributed by atoms with van der Waals surface area (Å²) in [6, 6.07) is 10.3. The van der Waals surface area contributed by atoms with Crippen LogP contribution in [0.5, 0.6) is 0 Å². The van der Waals surface area contributed by atoms with Gasteiger partial charge < -0.3 is 4.98 Å². The van der Waals surface area contributed by atoms with Crippen molar-refractivity contribution in [2.75, 3.05) is 0 Å². The van der Waals surface area contributed by atoms with Gasteiger partial charge in [-0.15, -0.1) is 11.3 Å². The Morgan fingerprint density at radius 3 is 2.67 bits per heavy atom. The first-order valence-corrected chi connectivity index (χ1v) is 8.16. The van der Waals surface area contributed by atoms with Crippen LogP contribution in [0.4, 0.5) is 0 Å². The number of aromatic nitrogens is 2. The minimum atomic E-state index is 0.0129. The molecule has 1 N–H and O–H groups in total. The molecule has 0 aliphatic rings. The molecule has 0 amide bonds. The van der Waals surface area contributed by atoms with E-state index in [9.17, 15) is 4.79 Å². The Hall–Kier alpha value is -1.72. The van der Waals surface area contributed by atoms with E-state index in [-0.39, 0.29) is 5.56 Å². The summed E-state index contributed by atoms with van der Waals surface area (Å²) in [6.07, 6.45) is 0.888. The van der Waals surface area contributed by atoms with E-state index in [2.05, 4.69) is 36.2 Å². The predicted octanol–water partition coefficient (Wildman–Crippen LogP) is 4.51. The Morgan fingerprint density at radius 1 is 1.29 bits per heavy atom. The molecule has 1 aromatic carbocycles. The number of thiophene rings is 1. The maximum absolute atomic E-state index is 12.5. The van der Waals surface area contributed by atoms with Gasteiger partial charge in [-0.25, -0.2) is 0 Å². The van der Waals surface area contributed by atoms with Crippen molar-refractivity contribution in [2.45, 2.75) is 26.8 Å². The van der Waals surface area contributed by atoms with E-state index >= 15 is 0 Å². The zero-order valence-corrected chi connectivity index (χ0v) is 13.6. The third kappa shape index (κ3) is 2.59. The smallest absolute Gasteiger partial charge is 0.272 e. The summed E-state index contributed by atoms with van der Waals surface area (Å²) in [5.41, 5.74) is 3.20. The molecule has 0 atom stereocenters. The van der Waals surface area contributed by atoms with Gasteiger partial charge in [-0.1, -0.05) is 36.8 Å². The Bertz CT molecular complexity index is 901. The Labute approximate surface area is 131 Å². The molecule has 3 aromatic rings. The molecule has 0 saturated carbocycles. The molecule has 2 heterocycles. The van der Waals surface area contributed by atoms with Crippen molar-refractivity contribution >= 4 is 33.8 Å². The van der Waals surface area contributed by atoms with Crippen LogP contribution >= 0.6 is 23.6 Å². The number of hydrogen-bond acceptors (Lipinski definition) is 3. The maximum Gasteiger partial charge on any atom is 0.272 e. The molecule has 3 rings (SSSR count). The van der Waals surface area contributed by atoms with Crippen LogP contribution in [0.3, 0.4) is 0 Å². The highest BCUT2D eigenvalue weighted by Crippen LogP contribution is 2.30. The SMILES string of the molecule is CCCn1c(=S)[nH]c2cc(-c3ccc(C)cc3)sc2c1=O. The molecular formula is C16H16N2OS2. The highest BCUT2D eigenvalue weighted by molar-refractivity contribution is 7.71. The average Bonchev–Trinajstić information content (AvgIpc) is 2.88. The molecule has 21 heavy (non-hydrogen) atoms. The highest BCUT2D eigenvalue weighted by Gasteiger charge is 2.10. The van der Waals surface area contributed by atoms with E-state index in [0.717, 1.165) is 27.1 Å². The zero-order chi connectivity index (χ0) is 15.0. The second-order valence-corrected chi connectivity index (χ2v) is 6.55. The number of fused-ring (bicyclic) bond motifs is 1. The Balaban J connectivity index is 2.21. The van der Waals surface area contributed by atoms with Crippen LogP contribution in [-0.2, 0) is 6.54 Å². The van der Waals surface area contributed by atoms with Crippen LogP contribution in [0.2, 0.25) is 0 Å². The fraction of sp³-hybridized carbons (Fsp3) is 0.250. The number of H-pyrrole nitrogens is 1. The first-order chi connectivity index (χ1) is 10.1.